The molecule has 2 bridgehead atoms. The Morgan fingerprint density at radius 1 is 0.406 bits per heavy atom. The van der Waals surface area contributed by atoms with E-state index in [0.29, 0.717) is 23.4 Å². The third-order valence-corrected chi connectivity index (χ3v) is 16.6. The van der Waals surface area contributed by atoms with Crippen LogP contribution >= 0.6 is 7.14 Å². The van der Waals surface area contributed by atoms with Crippen molar-refractivity contribution < 1.29 is 4.57 Å². The molecule has 0 spiro atoms. The maximum absolute atomic E-state index is 13.3. The number of fused-ring (bicyclic) bond motifs is 3. The molecule has 2 aliphatic carbocycles. The van der Waals surface area contributed by atoms with Crippen LogP contribution in [0.1, 0.15) is 36.8 Å². The molecule has 0 radical (unpaired) electrons. The summed E-state index contributed by atoms with van der Waals surface area (Å²) < 4.78 is 13.3. The van der Waals surface area contributed by atoms with Gasteiger partial charge in [0.2, 0.25) is 0 Å². The maximum Gasteiger partial charge on any atom is 0.164 e. The zero-order valence-corrected chi connectivity index (χ0v) is 39.9. The summed E-state index contributed by atoms with van der Waals surface area (Å²) in [5.41, 5.74) is 14.8. The van der Waals surface area contributed by atoms with Gasteiger partial charge in [0.25, 0.3) is 0 Å². The van der Waals surface area contributed by atoms with E-state index in [0.717, 1.165) is 61.8 Å². The molecule has 1 aromatic heterocycles. The van der Waals surface area contributed by atoms with Crippen LogP contribution in [0.3, 0.4) is 0 Å². The van der Waals surface area contributed by atoms with Gasteiger partial charge in [0.15, 0.2) is 17.5 Å². The third kappa shape index (κ3) is 7.93. The van der Waals surface area contributed by atoms with Crippen molar-refractivity contribution in [3.63, 3.8) is 0 Å². The fraction of sp³-hybridized carbons (Fsp3) is 0.141. The van der Waals surface area contributed by atoms with Gasteiger partial charge in [-0.25, -0.2) is 15.0 Å². The van der Waals surface area contributed by atoms with Gasteiger partial charge in [-0.1, -0.05) is 219 Å². The van der Waals surface area contributed by atoms with Crippen molar-refractivity contribution in [1.29, 1.82) is 0 Å². The highest BCUT2D eigenvalue weighted by Crippen LogP contribution is 2.60. The lowest BCUT2D eigenvalue weighted by molar-refractivity contribution is 0.320. The number of aromatic nitrogens is 3. The highest BCUT2D eigenvalue weighted by molar-refractivity contribution is 7.70. The van der Waals surface area contributed by atoms with Crippen molar-refractivity contribution >= 4 is 23.2 Å². The molecule has 5 heteroatoms. The van der Waals surface area contributed by atoms with E-state index >= 15 is 0 Å². The molecule has 12 rings (SSSR count). The minimum absolute atomic E-state index is 0.0723. The SMILES string of the molecule is CP(C)(=O)c1ccc(-c2ccc(C3(c4ccc(-c5nc(-c6ccc(-c7ccccc7-c7ccccc7)cc6)nc(-c6cccc(-c7ccccc7)c6)n5)cc4)CC4CCC3C4)cc2)c2ccccc12. The minimum Gasteiger partial charge on any atom is -0.319 e. The zero-order valence-electron chi connectivity index (χ0n) is 39.0. The molecule has 2 saturated carbocycles. The van der Waals surface area contributed by atoms with E-state index in [1.807, 2.05) is 25.5 Å². The molecule has 2 fully saturated rings. The Hall–Kier alpha value is -7.52. The van der Waals surface area contributed by atoms with Crippen LogP contribution < -0.4 is 5.30 Å². The molecule has 1 heterocycles. The van der Waals surface area contributed by atoms with Crippen LogP contribution in [-0.2, 0) is 9.98 Å². The number of hydrogen-bond donors (Lipinski definition) is 0. The lowest BCUT2D eigenvalue weighted by Crippen LogP contribution is -2.34. The summed E-state index contributed by atoms with van der Waals surface area (Å²) in [6, 6.07) is 78.0. The first-order valence-corrected chi connectivity index (χ1v) is 26.8. The average Bonchev–Trinajstić information content (AvgIpc) is 4.04. The smallest absolute Gasteiger partial charge is 0.164 e. The van der Waals surface area contributed by atoms with Gasteiger partial charge in [-0.2, -0.15) is 0 Å². The Morgan fingerprint density at radius 2 is 0.870 bits per heavy atom. The molecule has 2 aliphatic rings. The van der Waals surface area contributed by atoms with E-state index in [1.54, 1.807) is 0 Å². The highest BCUT2D eigenvalue weighted by atomic mass is 31.2. The Balaban J connectivity index is 0.918. The van der Waals surface area contributed by atoms with Gasteiger partial charge < -0.3 is 4.57 Å². The summed E-state index contributed by atoms with van der Waals surface area (Å²) in [4.78, 5) is 15.6. The predicted octanol–water partition coefficient (Wildman–Crippen LogP) is 16.0. The normalized spacial score (nSPS) is 17.6. The molecule has 10 aromatic rings. The van der Waals surface area contributed by atoms with Gasteiger partial charge in [-0.15, -0.1) is 0 Å². The average molecular weight is 910 g/mol. The molecular formula is C64H52N3OP. The summed E-state index contributed by atoms with van der Waals surface area (Å²) >= 11 is 0. The van der Waals surface area contributed by atoms with Gasteiger partial charge >= 0.3 is 0 Å². The molecule has 4 nitrogen and oxygen atoms in total. The first-order valence-electron chi connectivity index (χ1n) is 24.2. The number of benzene rings is 9. The second-order valence-electron chi connectivity index (χ2n) is 19.5. The molecule has 69 heavy (non-hydrogen) atoms. The monoisotopic (exact) mass is 909 g/mol. The van der Waals surface area contributed by atoms with Crippen molar-refractivity contribution in [3.05, 3.63) is 230 Å². The fourth-order valence-electron chi connectivity index (χ4n) is 11.7. The van der Waals surface area contributed by atoms with Crippen molar-refractivity contribution in [1.82, 2.24) is 15.0 Å². The Bertz CT molecular complexity index is 3550. The van der Waals surface area contributed by atoms with E-state index < -0.39 is 7.14 Å². The van der Waals surface area contributed by atoms with E-state index in [2.05, 4.69) is 206 Å². The molecule has 0 amide bonds. The fourth-order valence-corrected chi connectivity index (χ4v) is 12.9. The van der Waals surface area contributed by atoms with Crippen LogP contribution in [0, 0.1) is 11.8 Å². The van der Waals surface area contributed by atoms with Gasteiger partial charge in [0.1, 0.15) is 7.14 Å². The molecule has 0 N–H and O–H groups in total. The van der Waals surface area contributed by atoms with E-state index in [-0.39, 0.29) is 5.41 Å². The van der Waals surface area contributed by atoms with Gasteiger partial charge in [-0.3, -0.25) is 0 Å². The van der Waals surface area contributed by atoms with Crippen LogP contribution in [0.4, 0.5) is 0 Å². The molecule has 334 valence electrons. The topological polar surface area (TPSA) is 55.7 Å². The van der Waals surface area contributed by atoms with Crippen molar-refractivity contribution in [2.24, 2.45) is 11.8 Å². The molecular weight excluding hydrogens is 858 g/mol. The maximum atomic E-state index is 13.3. The lowest BCUT2D eigenvalue weighted by Gasteiger charge is -2.39. The molecule has 0 saturated heterocycles. The summed E-state index contributed by atoms with van der Waals surface area (Å²) in [6.45, 7) is 3.73. The van der Waals surface area contributed by atoms with Gasteiger partial charge in [0.05, 0.1) is 0 Å². The zero-order chi connectivity index (χ0) is 46.5. The minimum atomic E-state index is -2.45. The van der Waals surface area contributed by atoms with Crippen LogP contribution in [0.25, 0.3) is 89.4 Å². The standard InChI is InChI=1S/C64H52N3OP/c1-69(2,68)60-39-38-57(58-22-11-12-23-59(58)60)47-29-34-52(35-30-47)64(42-43-24-33-54(64)40-43)53-36-31-49(32-37-53)62-65-61(66-63(67-62)51-19-13-18-50(41-51)44-14-5-3-6-15-44)48-27-25-46(26-28-48)56-21-10-9-20-55(56)45-16-7-4-8-17-45/h3-23,25-32,34-39,41,43,54H,24,33,40,42H2,1-2H3. The summed E-state index contributed by atoms with van der Waals surface area (Å²) in [6.07, 6.45) is 4.97. The molecule has 3 atom stereocenters. The second-order valence-corrected chi connectivity index (χ2v) is 22.7. The highest BCUT2D eigenvalue weighted by Gasteiger charge is 2.52. The molecule has 0 aliphatic heterocycles. The summed E-state index contributed by atoms with van der Waals surface area (Å²) in [7, 11) is -2.45. The predicted molar refractivity (Wildman–Crippen MR) is 287 cm³/mol. The van der Waals surface area contributed by atoms with E-state index in [1.165, 1.54) is 58.2 Å². The Kier molecular flexibility index (Phi) is 10.9. The van der Waals surface area contributed by atoms with Crippen LogP contribution in [0.15, 0.2) is 218 Å². The third-order valence-electron chi connectivity index (χ3n) is 15.0. The van der Waals surface area contributed by atoms with Crippen LogP contribution in [0.5, 0.6) is 0 Å². The van der Waals surface area contributed by atoms with Gasteiger partial charge in [0, 0.05) is 27.4 Å². The van der Waals surface area contributed by atoms with E-state index in [9.17, 15) is 4.57 Å². The Morgan fingerprint density at radius 3 is 1.45 bits per heavy atom. The van der Waals surface area contributed by atoms with Crippen LogP contribution in [0.2, 0.25) is 0 Å². The first kappa shape index (κ1) is 42.8. The number of hydrogen-bond acceptors (Lipinski definition) is 4. The van der Waals surface area contributed by atoms with Crippen molar-refractivity contribution in [2.45, 2.75) is 31.1 Å². The summed E-state index contributed by atoms with van der Waals surface area (Å²) in [5.74, 6) is 3.23. The lowest BCUT2D eigenvalue weighted by atomic mass is 9.64. The van der Waals surface area contributed by atoms with Crippen molar-refractivity contribution in [2.75, 3.05) is 13.3 Å². The van der Waals surface area contributed by atoms with E-state index in [4.69, 9.17) is 15.0 Å². The van der Waals surface area contributed by atoms with Crippen molar-refractivity contribution in [3.8, 4) is 78.7 Å². The first-order chi connectivity index (χ1) is 33.8. The second kappa shape index (κ2) is 17.5. The largest absolute Gasteiger partial charge is 0.319 e. The summed E-state index contributed by atoms with van der Waals surface area (Å²) in [5, 5.41) is 3.17. The van der Waals surface area contributed by atoms with Crippen LogP contribution in [-0.4, -0.2) is 28.3 Å². The quantitative estimate of drug-likeness (QED) is 0.128. The van der Waals surface area contributed by atoms with Gasteiger partial charge in [-0.05, 0) is 117 Å². The Labute approximate surface area is 405 Å². The number of nitrogens with zero attached hydrogens (tertiary/aromatic N) is 3. The number of rotatable bonds is 10. The molecule has 9 aromatic carbocycles. The molecule has 3 unspecified atom stereocenters.